The van der Waals surface area contributed by atoms with Gasteiger partial charge in [0, 0.05) is 16.9 Å². The molecule has 90 valence electrons. The number of benzene rings is 1. The monoisotopic (exact) mass is 293 g/mol. The van der Waals surface area contributed by atoms with Gasteiger partial charge in [-0.3, -0.25) is 4.79 Å². The number of nitrogens with one attached hydrogen (secondary N) is 1. The van der Waals surface area contributed by atoms with Gasteiger partial charge in [-0.15, -0.1) is 0 Å². The molecule has 1 aromatic rings. The Morgan fingerprint density at radius 3 is 2.47 bits per heavy atom. The molecule has 0 radical (unpaired) electrons. The maximum Gasteiger partial charge on any atom is 0.226 e. The summed E-state index contributed by atoms with van der Waals surface area (Å²) in [4.78, 5) is 12.1. The zero-order chi connectivity index (χ0) is 11.9. The summed E-state index contributed by atoms with van der Waals surface area (Å²) in [7, 11) is 0. The molecular formula is C14H16BrNO. The van der Waals surface area contributed by atoms with Gasteiger partial charge in [-0.25, -0.2) is 0 Å². The van der Waals surface area contributed by atoms with Crippen molar-refractivity contribution in [3.63, 3.8) is 0 Å². The average molecular weight is 294 g/mol. The normalized spacial score (nSPS) is 26.4. The second kappa shape index (κ2) is 4.13. The fourth-order valence-corrected chi connectivity index (χ4v) is 3.70. The standard InChI is InChI=1S/C14H16BrNO/c15-11-5-3-10(4-6-11)12-9-16-13(17)14(12)7-1-2-8-14/h3-6,12H,1-2,7-9H2,(H,16,17)/t12-/m1/s1. The first-order chi connectivity index (χ1) is 8.22. The molecule has 1 amide bonds. The smallest absolute Gasteiger partial charge is 0.226 e. The number of carbonyl (C=O) groups is 1. The number of carbonyl (C=O) groups excluding carboxylic acids is 1. The molecule has 0 unspecified atom stereocenters. The van der Waals surface area contributed by atoms with E-state index in [0.29, 0.717) is 5.92 Å². The third-order valence-electron chi connectivity index (χ3n) is 4.35. The van der Waals surface area contributed by atoms with Crippen molar-refractivity contribution in [2.24, 2.45) is 5.41 Å². The minimum absolute atomic E-state index is 0.103. The van der Waals surface area contributed by atoms with Crippen LogP contribution < -0.4 is 5.32 Å². The molecule has 1 heterocycles. The Morgan fingerprint density at radius 1 is 1.18 bits per heavy atom. The summed E-state index contributed by atoms with van der Waals surface area (Å²) in [5.74, 6) is 0.647. The number of hydrogen-bond acceptors (Lipinski definition) is 1. The third-order valence-corrected chi connectivity index (χ3v) is 4.88. The predicted octanol–water partition coefficient (Wildman–Crippen LogP) is 3.22. The Labute approximate surface area is 110 Å². The van der Waals surface area contributed by atoms with Gasteiger partial charge in [-0.1, -0.05) is 40.9 Å². The first kappa shape index (κ1) is 11.3. The highest BCUT2D eigenvalue weighted by Gasteiger charge is 2.51. The lowest BCUT2D eigenvalue weighted by Crippen LogP contribution is -2.31. The summed E-state index contributed by atoms with van der Waals surface area (Å²) in [5, 5.41) is 3.06. The SMILES string of the molecule is O=C1NC[C@H](c2ccc(Br)cc2)C12CCCC2. The minimum Gasteiger partial charge on any atom is -0.355 e. The molecule has 1 aliphatic carbocycles. The van der Waals surface area contributed by atoms with Gasteiger partial charge < -0.3 is 5.32 Å². The van der Waals surface area contributed by atoms with E-state index in [-0.39, 0.29) is 11.3 Å². The second-order valence-corrected chi connectivity index (χ2v) is 6.09. The molecule has 0 aromatic heterocycles. The summed E-state index contributed by atoms with van der Waals surface area (Å²) >= 11 is 3.46. The predicted molar refractivity (Wildman–Crippen MR) is 70.8 cm³/mol. The van der Waals surface area contributed by atoms with Gasteiger partial charge in [0.1, 0.15) is 0 Å². The molecule has 3 heteroatoms. The van der Waals surface area contributed by atoms with Gasteiger partial charge >= 0.3 is 0 Å². The average Bonchev–Trinajstić information content (AvgIpc) is 2.92. The van der Waals surface area contributed by atoms with Crippen molar-refractivity contribution in [1.82, 2.24) is 5.32 Å². The van der Waals surface area contributed by atoms with Crippen LogP contribution >= 0.6 is 15.9 Å². The molecule has 1 saturated carbocycles. The van der Waals surface area contributed by atoms with Crippen LogP contribution in [0.1, 0.15) is 37.2 Å². The van der Waals surface area contributed by atoms with Crippen LogP contribution in [-0.4, -0.2) is 12.5 Å². The lowest BCUT2D eigenvalue weighted by molar-refractivity contribution is -0.127. The van der Waals surface area contributed by atoms with Crippen LogP contribution in [0.2, 0.25) is 0 Å². The second-order valence-electron chi connectivity index (χ2n) is 5.18. The Hall–Kier alpha value is -0.830. The van der Waals surface area contributed by atoms with Gasteiger partial charge in [0.25, 0.3) is 0 Å². The van der Waals surface area contributed by atoms with Gasteiger partial charge in [0.15, 0.2) is 0 Å². The topological polar surface area (TPSA) is 29.1 Å². The van der Waals surface area contributed by atoms with Crippen molar-refractivity contribution in [2.45, 2.75) is 31.6 Å². The lowest BCUT2D eigenvalue weighted by Gasteiger charge is -2.27. The minimum atomic E-state index is -0.103. The molecule has 2 aliphatic rings. The maximum absolute atomic E-state index is 12.1. The van der Waals surface area contributed by atoms with Crippen molar-refractivity contribution >= 4 is 21.8 Å². The van der Waals surface area contributed by atoms with Crippen LogP contribution in [0, 0.1) is 5.41 Å². The molecule has 2 fully saturated rings. The lowest BCUT2D eigenvalue weighted by atomic mass is 9.73. The molecule has 2 nitrogen and oxygen atoms in total. The van der Waals surface area contributed by atoms with Gasteiger partial charge in [-0.2, -0.15) is 0 Å². The molecule has 17 heavy (non-hydrogen) atoms. The molecular weight excluding hydrogens is 278 g/mol. The van der Waals surface area contributed by atoms with E-state index >= 15 is 0 Å². The van der Waals surface area contributed by atoms with Crippen molar-refractivity contribution in [1.29, 1.82) is 0 Å². The van der Waals surface area contributed by atoms with Crippen LogP contribution in [0.15, 0.2) is 28.7 Å². The quantitative estimate of drug-likeness (QED) is 0.846. The van der Waals surface area contributed by atoms with Crippen molar-refractivity contribution in [3.8, 4) is 0 Å². The van der Waals surface area contributed by atoms with Crippen LogP contribution in [0.25, 0.3) is 0 Å². The summed E-state index contributed by atoms with van der Waals surface area (Å²) in [6.07, 6.45) is 4.50. The molecule has 1 spiro atoms. The zero-order valence-electron chi connectivity index (χ0n) is 9.71. The first-order valence-electron chi connectivity index (χ1n) is 6.26. The van der Waals surface area contributed by atoms with E-state index in [0.717, 1.165) is 23.9 Å². The van der Waals surface area contributed by atoms with E-state index in [1.165, 1.54) is 18.4 Å². The number of halogens is 1. The molecule has 1 N–H and O–H groups in total. The fourth-order valence-electron chi connectivity index (χ4n) is 3.44. The fraction of sp³-hybridized carbons (Fsp3) is 0.500. The zero-order valence-corrected chi connectivity index (χ0v) is 11.3. The Kier molecular flexibility index (Phi) is 2.74. The van der Waals surface area contributed by atoms with E-state index in [1.807, 2.05) is 0 Å². The van der Waals surface area contributed by atoms with Crippen LogP contribution in [0.3, 0.4) is 0 Å². The number of rotatable bonds is 1. The highest BCUT2D eigenvalue weighted by molar-refractivity contribution is 9.10. The van der Waals surface area contributed by atoms with Crippen molar-refractivity contribution in [3.05, 3.63) is 34.3 Å². The first-order valence-corrected chi connectivity index (χ1v) is 7.05. The van der Waals surface area contributed by atoms with Crippen molar-refractivity contribution < 1.29 is 4.79 Å². The largest absolute Gasteiger partial charge is 0.355 e. The molecule has 1 aromatic carbocycles. The highest BCUT2D eigenvalue weighted by Crippen LogP contribution is 2.51. The van der Waals surface area contributed by atoms with E-state index < -0.39 is 0 Å². The number of amides is 1. The van der Waals surface area contributed by atoms with E-state index in [1.54, 1.807) is 0 Å². The summed E-state index contributed by atoms with van der Waals surface area (Å²) < 4.78 is 1.10. The Bertz CT molecular complexity index is 434. The summed E-state index contributed by atoms with van der Waals surface area (Å²) in [6.45, 7) is 0.806. The van der Waals surface area contributed by atoms with Crippen LogP contribution in [0.5, 0.6) is 0 Å². The van der Waals surface area contributed by atoms with Gasteiger partial charge in [0.05, 0.1) is 5.41 Å². The summed E-state index contributed by atoms with van der Waals surface area (Å²) in [6, 6.07) is 8.44. The molecule has 1 saturated heterocycles. The number of hydrogen-bond donors (Lipinski definition) is 1. The van der Waals surface area contributed by atoms with Gasteiger partial charge in [0.2, 0.25) is 5.91 Å². The highest BCUT2D eigenvalue weighted by atomic mass is 79.9. The van der Waals surface area contributed by atoms with Gasteiger partial charge in [-0.05, 0) is 30.5 Å². The molecule has 0 bridgehead atoms. The summed E-state index contributed by atoms with van der Waals surface area (Å²) in [5.41, 5.74) is 1.20. The molecule has 3 rings (SSSR count). The third kappa shape index (κ3) is 1.71. The molecule has 1 atom stereocenters. The molecule has 1 aliphatic heterocycles. The van der Waals surface area contributed by atoms with Crippen LogP contribution in [0.4, 0.5) is 0 Å². The maximum atomic E-state index is 12.1. The Balaban J connectivity index is 1.97. The van der Waals surface area contributed by atoms with Crippen LogP contribution in [-0.2, 0) is 4.79 Å². The van der Waals surface area contributed by atoms with E-state index in [9.17, 15) is 4.79 Å². The Morgan fingerprint density at radius 2 is 1.82 bits per heavy atom. The van der Waals surface area contributed by atoms with E-state index in [4.69, 9.17) is 0 Å². The van der Waals surface area contributed by atoms with E-state index in [2.05, 4.69) is 45.5 Å². The van der Waals surface area contributed by atoms with Crippen molar-refractivity contribution in [2.75, 3.05) is 6.54 Å².